The average Bonchev–Trinajstić information content (AvgIpc) is 3.21. The molecule has 0 aromatic rings. The minimum atomic E-state index is 0.644. The standard InChI is InChI=1S/C31H62N2/c1-4-7-10-13-16-17-18-19-22-25-28-33-30-29-32(27-24-21-15-12-9-6-3)31(33)26-23-20-14-11-8-5-2/h29-31H,4-28H2,1-3H3. The van der Waals surface area contributed by atoms with Crippen molar-refractivity contribution in [3.8, 4) is 0 Å². The van der Waals surface area contributed by atoms with Crippen LogP contribution in [0.2, 0.25) is 0 Å². The zero-order chi connectivity index (χ0) is 23.8. The molecule has 0 bridgehead atoms. The molecule has 1 rings (SSSR count). The molecule has 0 saturated carbocycles. The highest BCUT2D eigenvalue weighted by atomic mass is 15.4. The fraction of sp³-hybridized carbons (Fsp3) is 0.935. The number of unbranched alkanes of at least 4 members (excludes halogenated alkanes) is 19. The van der Waals surface area contributed by atoms with Crippen LogP contribution >= 0.6 is 0 Å². The smallest absolute Gasteiger partial charge is 0.101 e. The van der Waals surface area contributed by atoms with Crippen LogP contribution in [0.1, 0.15) is 168 Å². The summed E-state index contributed by atoms with van der Waals surface area (Å²) in [5.74, 6) is 0. The predicted molar refractivity (Wildman–Crippen MR) is 150 cm³/mol. The van der Waals surface area contributed by atoms with Crippen molar-refractivity contribution < 1.29 is 0 Å². The summed E-state index contributed by atoms with van der Waals surface area (Å²) in [5, 5.41) is 0. The largest absolute Gasteiger partial charge is 0.356 e. The molecule has 0 radical (unpaired) electrons. The van der Waals surface area contributed by atoms with E-state index in [0.717, 1.165) is 0 Å². The van der Waals surface area contributed by atoms with Crippen molar-refractivity contribution in [1.82, 2.24) is 9.80 Å². The molecule has 1 heterocycles. The van der Waals surface area contributed by atoms with Crippen LogP contribution in [0.15, 0.2) is 12.4 Å². The van der Waals surface area contributed by atoms with E-state index in [2.05, 4.69) is 43.0 Å². The second-order valence-corrected chi connectivity index (χ2v) is 10.8. The van der Waals surface area contributed by atoms with Gasteiger partial charge in [-0.3, -0.25) is 0 Å². The molecule has 1 aliphatic rings. The molecule has 2 heteroatoms. The van der Waals surface area contributed by atoms with E-state index in [0.29, 0.717) is 6.17 Å². The van der Waals surface area contributed by atoms with Crippen molar-refractivity contribution >= 4 is 0 Å². The van der Waals surface area contributed by atoms with Gasteiger partial charge >= 0.3 is 0 Å². The van der Waals surface area contributed by atoms with E-state index in [1.54, 1.807) is 0 Å². The van der Waals surface area contributed by atoms with Crippen LogP contribution in [0.4, 0.5) is 0 Å². The average molecular weight is 463 g/mol. The Kier molecular flexibility index (Phi) is 21.3. The first kappa shape index (κ1) is 30.4. The summed E-state index contributed by atoms with van der Waals surface area (Å²) in [6.45, 7) is 9.46. The fourth-order valence-electron chi connectivity index (χ4n) is 5.30. The lowest BCUT2D eigenvalue weighted by molar-refractivity contribution is 0.135. The van der Waals surface area contributed by atoms with Gasteiger partial charge < -0.3 is 9.80 Å². The van der Waals surface area contributed by atoms with Crippen LogP contribution in [-0.2, 0) is 0 Å². The van der Waals surface area contributed by atoms with Gasteiger partial charge in [0.25, 0.3) is 0 Å². The lowest BCUT2D eigenvalue weighted by Gasteiger charge is -2.33. The van der Waals surface area contributed by atoms with Crippen LogP contribution in [0.25, 0.3) is 0 Å². The van der Waals surface area contributed by atoms with Crippen LogP contribution in [0, 0.1) is 0 Å². The van der Waals surface area contributed by atoms with Crippen molar-refractivity contribution in [2.45, 2.75) is 175 Å². The SMILES string of the molecule is CCCCCCCCCCCCN1C=CN(CCCCCCCC)C1CCCCCCCC. The summed E-state index contributed by atoms with van der Waals surface area (Å²) in [4.78, 5) is 5.37. The third-order valence-corrected chi connectivity index (χ3v) is 7.57. The molecule has 0 aromatic heterocycles. The molecule has 196 valence electrons. The van der Waals surface area contributed by atoms with E-state index in [4.69, 9.17) is 0 Å². The molecule has 0 aromatic carbocycles. The van der Waals surface area contributed by atoms with Crippen molar-refractivity contribution in [2.24, 2.45) is 0 Å². The monoisotopic (exact) mass is 462 g/mol. The number of nitrogens with zero attached hydrogens (tertiary/aromatic N) is 2. The highest BCUT2D eigenvalue weighted by Gasteiger charge is 2.24. The lowest BCUT2D eigenvalue weighted by atomic mass is 10.1. The van der Waals surface area contributed by atoms with E-state index >= 15 is 0 Å². The summed E-state index contributed by atoms with van der Waals surface area (Å²) in [5.41, 5.74) is 0. The van der Waals surface area contributed by atoms with Crippen LogP contribution in [0.5, 0.6) is 0 Å². The molecule has 1 aliphatic heterocycles. The zero-order valence-electron chi connectivity index (χ0n) is 23.3. The van der Waals surface area contributed by atoms with E-state index in [1.807, 2.05) is 0 Å². The Bertz CT molecular complexity index is 419. The Labute approximate surface area is 210 Å². The van der Waals surface area contributed by atoms with Gasteiger partial charge in [-0.1, -0.05) is 143 Å². The number of hydrogen-bond acceptors (Lipinski definition) is 2. The Hall–Kier alpha value is -0.660. The molecule has 1 atom stereocenters. The molecular weight excluding hydrogens is 400 g/mol. The summed E-state index contributed by atoms with van der Waals surface area (Å²) in [6, 6.07) is 0. The van der Waals surface area contributed by atoms with Crippen LogP contribution in [-0.4, -0.2) is 29.1 Å². The van der Waals surface area contributed by atoms with Gasteiger partial charge in [0.1, 0.15) is 6.17 Å². The van der Waals surface area contributed by atoms with Crippen LogP contribution < -0.4 is 0 Å². The molecule has 1 unspecified atom stereocenters. The Balaban J connectivity index is 2.24. The van der Waals surface area contributed by atoms with Gasteiger partial charge in [0.2, 0.25) is 0 Å². The lowest BCUT2D eigenvalue weighted by Crippen LogP contribution is -2.39. The normalized spacial score (nSPS) is 15.8. The highest BCUT2D eigenvalue weighted by Crippen LogP contribution is 2.24. The molecule has 33 heavy (non-hydrogen) atoms. The van der Waals surface area contributed by atoms with Gasteiger partial charge in [0.15, 0.2) is 0 Å². The minimum absolute atomic E-state index is 0.644. The molecule has 0 fully saturated rings. The molecule has 0 aliphatic carbocycles. The fourth-order valence-corrected chi connectivity index (χ4v) is 5.30. The van der Waals surface area contributed by atoms with E-state index in [-0.39, 0.29) is 0 Å². The first-order valence-corrected chi connectivity index (χ1v) is 15.5. The van der Waals surface area contributed by atoms with E-state index in [1.165, 1.54) is 161 Å². The summed E-state index contributed by atoms with van der Waals surface area (Å²) >= 11 is 0. The quantitative estimate of drug-likeness (QED) is 0.124. The van der Waals surface area contributed by atoms with Crippen molar-refractivity contribution in [2.75, 3.05) is 13.1 Å². The second kappa shape index (κ2) is 23.1. The third-order valence-electron chi connectivity index (χ3n) is 7.57. The first-order valence-electron chi connectivity index (χ1n) is 15.5. The summed E-state index contributed by atoms with van der Waals surface area (Å²) in [6.07, 6.45) is 38.0. The maximum atomic E-state index is 2.69. The third kappa shape index (κ3) is 16.6. The van der Waals surface area contributed by atoms with Crippen molar-refractivity contribution in [3.05, 3.63) is 12.4 Å². The van der Waals surface area contributed by atoms with Crippen molar-refractivity contribution in [1.29, 1.82) is 0 Å². The maximum absolute atomic E-state index is 2.69. The van der Waals surface area contributed by atoms with Gasteiger partial charge in [-0.15, -0.1) is 0 Å². The highest BCUT2D eigenvalue weighted by molar-refractivity contribution is 4.97. The first-order chi connectivity index (χ1) is 16.3. The summed E-state index contributed by atoms with van der Waals surface area (Å²) < 4.78 is 0. The van der Waals surface area contributed by atoms with Crippen LogP contribution in [0.3, 0.4) is 0 Å². The molecule has 0 spiro atoms. The molecular formula is C31H62N2. The maximum Gasteiger partial charge on any atom is 0.101 e. The number of hydrogen-bond donors (Lipinski definition) is 0. The minimum Gasteiger partial charge on any atom is -0.356 e. The molecule has 0 N–H and O–H groups in total. The van der Waals surface area contributed by atoms with Gasteiger partial charge in [-0.25, -0.2) is 0 Å². The Morgan fingerprint density at radius 2 is 0.697 bits per heavy atom. The number of rotatable bonds is 25. The molecule has 2 nitrogen and oxygen atoms in total. The van der Waals surface area contributed by atoms with Gasteiger partial charge in [0, 0.05) is 25.5 Å². The zero-order valence-corrected chi connectivity index (χ0v) is 23.3. The van der Waals surface area contributed by atoms with Gasteiger partial charge in [-0.2, -0.15) is 0 Å². The Morgan fingerprint density at radius 3 is 1.06 bits per heavy atom. The predicted octanol–water partition coefficient (Wildman–Crippen LogP) is 10.4. The molecule has 0 saturated heterocycles. The van der Waals surface area contributed by atoms with E-state index < -0.39 is 0 Å². The Morgan fingerprint density at radius 1 is 0.394 bits per heavy atom. The summed E-state index contributed by atoms with van der Waals surface area (Å²) in [7, 11) is 0. The molecule has 0 amide bonds. The second-order valence-electron chi connectivity index (χ2n) is 10.8. The van der Waals surface area contributed by atoms with E-state index in [9.17, 15) is 0 Å². The van der Waals surface area contributed by atoms with Crippen molar-refractivity contribution in [3.63, 3.8) is 0 Å². The van der Waals surface area contributed by atoms with Gasteiger partial charge in [0.05, 0.1) is 0 Å². The topological polar surface area (TPSA) is 6.48 Å². The van der Waals surface area contributed by atoms with Gasteiger partial charge in [-0.05, 0) is 25.7 Å².